The van der Waals surface area contributed by atoms with Gasteiger partial charge in [0.15, 0.2) is 0 Å². The van der Waals surface area contributed by atoms with Crippen LogP contribution in [0.5, 0.6) is 0 Å². The molecule has 2 fully saturated rings. The van der Waals surface area contributed by atoms with Crippen LogP contribution in [0.1, 0.15) is 46.0 Å². The summed E-state index contributed by atoms with van der Waals surface area (Å²) < 4.78 is 0. The first-order chi connectivity index (χ1) is 9.54. The summed E-state index contributed by atoms with van der Waals surface area (Å²) in [4.78, 5) is 16.9. The van der Waals surface area contributed by atoms with Crippen LogP contribution in [0, 0.1) is 11.3 Å². The molecule has 0 bridgehead atoms. The first kappa shape index (κ1) is 15.8. The molecule has 2 rings (SSSR count). The highest BCUT2D eigenvalue weighted by atomic mass is 16.2. The molecule has 1 aliphatic carbocycles. The highest BCUT2D eigenvalue weighted by Gasteiger charge is 2.38. The van der Waals surface area contributed by atoms with E-state index in [1.54, 1.807) is 0 Å². The first-order valence-corrected chi connectivity index (χ1v) is 8.25. The number of nitrogens with zero attached hydrogens (tertiary/aromatic N) is 2. The number of amides is 1. The van der Waals surface area contributed by atoms with Crippen LogP contribution in [0.3, 0.4) is 0 Å². The minimum Gasteiger partial charge on any atom is -0.340 e. The number of nitrogens with two attached hydrogens (primary N) is 1. The summed E-state index contributed by atoms with van der Waals surface area (Å²) >= 11 is 0. The van der Waals surface area contributed by atoms with Crippen molar-refractivity contribution in [1.29, 1.82) is 0 Å². The fourth-order valence-electron chi connectivity index (χ4n) is 3.22. The van der Waals surface area contributed by atoms with Crippen LogP contribution in [0.25, 0.3) is 0 Å². The minimum atomic E-state index is 0.145. The molecule has 2 aliphatic rings. The molecule has 0 aromatic rings. The summed E-state index contributed by atoms with van der Waals surface area (Å²) in [5, 5.41) is 0. The van der Waals surface area contributed by atoms with E-state index in [0.717, 1.165) is 44.9 Å². The van der Waals surface area contributed by atoms with Crippen molar-refractivity contribution >= 4 is 5.91 Å². The van der Waals surface area contributed by atoms with Crippen molar-refractivity contribution in [3.8, 4) is 0 Å². The average Bonchev–Trinajstić information content (AvgIpc) is 2.41. The normalized spacial score (nSPS) is 22.9. The molecular weight excluding hydrogens is 250 g/mol. The predicted octanol–water partition coefficient (Wildman–Crippen LogP) is 1.70. The monoisotopic (exact) mass is 281 g/mol. The van der Waals surface area contributed by atoms with E-state index in [9.17, 15) is 4.79 Å². The second kappa shape index (κ2) is 6.90. The Labute approximate surface area is 123 Å². The van der Waals surface area contributed by atoms with E-state index in [4.69, 9.17) is 5.73 Å². The lowest BCUT2D eigenvalue weighted by Crippen LogP contribution is -2.51. The predicted molar refractivity (Wildman–Crippen MR) is 82.4 cm³/mol. The van der Waals surface area contributed by atoms with Crippen molar-refractivity contribution in [3.05, 3.63) is 0 Å². The van der Waals surface area contributed by atoms with E-state index in [1.165, 1.54) is 19.4 Å². The van der Waals surface area contributed by atoms with E-state index >= 15 is 0 Å². The van der Waals surface area contributed by atoms with Crippen LogP contribution in [0.4, 0.5) is 0 Å². The molecule has 1 amide bonds. The Morgan fingerprint density at radius 2 is 1.85 bits per heavy atom. The topological polar surface area (TPSA) is 49.6 Å². The summed E-state index contributed by atoms with van der Waals surface area (Å²) in [6.45, 7) is 10.3. The molecule has 1 heterocycles. The molecular formula is C16H31N3O. The highest BCUT2D eigenvalue weighted by Crippen LogP contribution is 2.43. The van der Waals surface area contributed by atoms with E-state index in [1.807, 2.05) is 0 Å². The van der Waals surface area contributed by atoms with Gasteiger partial charge in [0.25, 0.3) is 0 Å². The molecule has 2 N–H and O–H groups in total. The zero-order valence-electron chi connectivity index (χ0n) is 13.2. The van der Waals surface area contributed by atoms with Gasteiger partial charge in [-0.25, -0.2) is 0 Å². The third kappa shape index (κ3) is 3.95. The Bertz CT molecular complexity index is 312. The van der Waals surface area contributed by atoms with Crippen LogP contribution in [-0.2, 0) is 4.79 Å². The van der Waals surface area contributed by atoms with E-state index in [0.29, 0.717) is 18.9 Å². The maximum atomic E-state index is 12.4. The Balaban J connectivity index is 1.71. The van der Waals surface area contributed by atoms with E-state index in [2.05, 4.69) is 23.6 Å². The molecule has 1 saturated carbocycles. The molecule has 1 saturated heterocycles. The molecule has 0 spiro atoms. The summed E-state index contributed by atoms with van der Waals surface area (Å²) in [7, 11) is 0. The maximum Gasteiger partial charge on any atom is 0.223 e. The molecule has 0 aromatic carbocycles. The molecule has 0 aromatic heterocycles. The first-order valence-electron chi connectivity index (χ1n) is 8.25. The van der Waals surface area contributed by atoms with Crippen molar-refractivity contribution in [3.63, 3.8) is 0 Å². The molecule has 1 aliphatic heterocycles. The molecule has 4 nitrogen and oxygen atoms in total. The number of hydrogen-bond donors (Lipinski definition) is 1. The largest absolute Gasteiger partial charge is 0.340 e. The SMILES string of the molecule is CC(C)CCN1CCN(C(=O)CC2(CN)CCC2)CC1. The number of hydrogen-bond acceptors (Lipinski definition) is 3. The van der Waals surface area contributed by atoms with Crippen molar-refractivity contribution in [1.82, 2.24) is 9.80 Å². The van der Waals surface area contributed by atoms with Crippen LogP contribution in [0.2, 0.25) is 0 Å². The summed E-state index contributed by atoms with van der Waals surface area (Å²) in [6, 6.07) is 0. The van der Waals surface area contributed by atoms with Crippen LogP contribution >= 0.6 is 0 Å². The lowest BCUT2D eigenvalue weighted by atomic mass is 9.66. The van der Waals surface area contributed by atoms with Gasteiger partial charge in [0.1, 0.15) is 0 Å². The van der Waals surface area contributed by atoms with Gasteiger partial charge >= 0.3 is 0 Å². The quantitative estimate of drug-likeness (QED) is 0.806. The minimum absolute atomic E-state index is 0.145. The zero-order valence-corrected chi connectivity index (χ0v) is 13.2. The number of rotatable bonds is 6. The summed E-state index contributed by atoms with van der Waals surface area (Å²) in [6.07, 6.45) is 5.46. The van der Waals surface area contributed by atoms with Gasteiger partial charge in [-0.1, -0.05) is 20.3 Å². The second-order valence-electron chi connectivity index (χ2n) is 7.14. The fraction of sp³-hybridized carbons (Fsp3) is 0.938. The number of piperazine rings is 1. The van der Waals surface area contributed by atoms with Crippen molar-refractivity contribution in [2.75, 3.05) is 39.3 Å². The summed E-state index contributed by atoms with van der Waals surface area (Å²) in [5.41, 5.74) is 6.00. The molecule has 4 heteroatoms. The number of carbonyl (C=O) groups is 1. The van der Waals surface area contributed by atoms with Gasteiger partial charge in [0.05, 0.1) is 0 Å². The highest BCUT2D eigenvalue weighted by molar-refractivity contribution is 5.77. The standard InChI is InChI=1S/C16H31N3O/c1-14(2)4-7-18-8-10-19(11-9-18)15(20)12-16(13-17)5-3-6-16/h14H,3-13,17H2,1-2H3. The third-order valence-electron chi connectivity index (χ3n) is 5.12. The van der Waals surface area contributed by atoms with Crippen LogP contribution in [-0.4, -0.2) is 55.0 Å². The lowest BCUT2D eigenvalue weighted by molar-refractivity contribution is -0.136. The van der Waals surface area contributed by atoms with Crippen LogP contribution in [0.15, 0.2) is 0 Å². The number of carbonyl (C=O) groups excluding carboxylic acids is 1. The average molecular weight is 281 g/mol. The summed E-state index contributed by atoms with van der Waals surface area (Å²) in [5.74, 6) is 1.09. The van der Waals surface area contributed by atoms with Crippen molar-refractivity contribution in [2.45, 2.75) is 46.0 Å². The Morgan fingerprint density at radius 1 is 1.20 bits per heavy atom. The molecule has 0 atom stereocenters. The van der Waals surface area contributed by atoms with Gasteiger partial charge in [-0.05, 0) is 43.7 Å². The smallest absolute Gasteiger partial charge is 0.223 e. The van der Waals surface area contributed by atoms with Gasteiger partial charge in [0.2, 0.25) is 5.91 Å². The van der Waals surface area contributed by atoms with E-state index in [-0.39, 0.29) is 5.41 Å². The zero-order chi connectivity index (χ0) is 14.6. The van der Waals surface area contributed by atoms with Crippen molar-refractivity contribution in [2.24, 2.45) is 17.1 Å². The third-order valence-corrected chi connectivity index (χ3v) is 5.12. The van der Waals surface area contributed by atoms with Gasteiger partial charge in [-0.15, -0.1) is 0 Å². The van der Waals surface area contributed by atoms with Gasteiger partial charge in [-0.2, -0.15) is 0 Å². The van der Waals surface area contributed by atoms with E-state index < -0.39 is 0 Å². The van der Waals surface area contributed by atoms with Crippen molar-refractivity contribution < 1.29 is 4.79 Å². The molecule has 20 heavy (non-hydrogen) atoms. The molecule has 116 valence electrons. The lowest BCUT2D eigenvalue weighted by Gasteiger charge is -2.43. The van der Waals surface area contributed by atoms with Gasteiger partial charge in [-0.3, -0.25) is 9.69 Å². The Morgan fingerprint density at radius 3 is 2.30 bits per heavy atom. The van der Waals surface area contributed by atoms with Crippen LogP contribution < -0.4 is 5.73 Å². The second-order valence-corrected chi connectivity index (χ2v) is 7.14. The Kier molecular flexibility index (Phi) is 5.44. The van der Waals surface area contributed by atoms with Gasteiger partial charge in [0, 0.05) is 32.6 Å². The van der Waals surface area contributed by atoms with Gasteiger partial charge < -0.3 is 10.6 Å². The Hall–Kier alpha value is -0.610. The molecule has 0 unspecified atom stereocenters. The fourth-order valence-corrected chi connectivity index (χ4v) is 3.22. The maximum absolute atomic E-state index is 12.4. The molecule has 0 radical (unpaired) electrons.